The van der Waals surface area contributed by atoms with Gasteiger partial charge >= 0.3 is 6.18 Å². The first-order valence-corrected chi connectivity index (χ1v) is 3.08. The van der Waals surface area contributed by atoms with Crippen molar-refractivity contribution in [3.05, 3.63) is 0 Å². The Morgan fingerprint density at radius 1 is 1.36 bits per heavy atom. The summed E-state index contributed by atoms with van der Waals surface area (Å²) in [5.74, 6) is 0. The van der Waals surface area contributed by atoms with Gasteiger partial charge in [0.2, 0.25) is 0 Å². The van der Waals surface area contributed by atoms with E-state index in [1.165, 1.54) is 0 Å². The molecule has 5 heteroatoms. The molecule has 0 fully saturated rings. The molecule has 0 radical (unpaired) electrons. The molecule has 0 rings (SSSR count). The lowest BCUT2D eigenvalue weighted by atomic mass is 10.3. The van der Waals surface area contributed by atoms with Gasteiger partial charge in [0.15, 0.2) is 0 Å². The summed E-state index contributed by atoms with van der Waals surface area (Å²) >= 11 is 0. The summed E-state index contributed by atoms with van der Waals surface area (Å²) in [5, 5.41) is 7.93. The number of hydrogen-bond acceptors (Lipinski definition) is 2. The Labute approximate surface area is 62.6 Å². The Kier molecular flexibility index (Phi) is 4.62. The largest absolute Gasteiger partial charge is 0.389 e. The highest BCUT2D eigenvalue weighted by Crippen LogP contribution is 2.20. The third-order valence-corrected chi connectivity index (χ3v) is 0.916. The summed E-state index contributed by atoms with van der Waals surface area (Å²) in [5.41, 5.74) is 0. The molecule has 0 aromatic rings. The maximum absolute atomic E-state index is 11.4. The van der Waals surface area contributed by atoms with E-state index in [1.807, 2.05) is 0 Å². The van der Waals surface area contributed by atoms with Gasteiger partial charge in [-0.15, -0.1) is 0 Å². The van der Waals surface area contributed by atoms with Crippen molar-refractivity contribution in [3.8, 4) is 6.07 Å². The van der Waals surface area contributed by atoms with Crippen LogP contribution in [0.15, 0.2) is 0 Å². The van der Waals surface area contributed by atoms with Gasteiger partial charge in [0, 0.05) is 13.0 Å². The van der Waals surface area contributed by atoms with Crippen LogP contribution in [0, 0.1) is 11.3 Å². The molecule has 0 amide bonds. The van der Waals surface area contributed by atoms with Crippen LogP contribution in [0.25, 0.3) is 0 Å². The lowest BCUT2D eigenvalue weighted by Crippen LogP contribution is -2.08. The van der Waals surface area contributed by atoms with Gasteiger partial charge in [-0.1, -0.05) is 0 Å². The average molecular weight is 167 g/mol. The molecule has 0 N–H and O–H groups in total. The quantitative estimate of drug-likeness (QED) is 0.599. The molecule has 0 aliphatic heterocycles. The molecule has 0 aromatic heterocycles. The van der Waals surface area contributed by atoms with Crippen molar-refractivity contribution in [3.63, 3.8) is 0 Å². The Bertz CT molecular complexity index is 138. The number of rotatable bonds is 4. The number of hydrogen-bond donors (Lipinski definition) is 0. The summed E-state index contributed by atoms with van der Waals surface area (Å²) in [4.78, 5) is 0. The third kappa shape index (κ3) is 9.24. The topological polar surface area (TPSA) is 33.0 Å². The number of halogens is 3. The van der Waals surface area contributed by atoms with Crippen LogP contribution in [0.1, 0.15) is 12.8 Å². The van der Waals surface area contributed by atoms with Crippen LogP contribution in [0.4, 0.5) is 13.2 Å². The molecule has 0 bridgehead atoms. The van der Waals surface area contributed by atoms with Crippen molar-refractivity contribution in [2.24, 2.45) is 0 Å². The predicted molar refractivity (Wildman–Crippen MR) is 31.7 cm³/mol. The normalized spacial score (nSPS) is 11.1. The maximum atomic E-state index is 11.4. The molecular formula is C6H8F3NO. The molecule has 0 atom stereocenters. The molecule has 0 aliphatic carbocycles. The molecule has 0 saturated heterocycles. The number of alkyl halides is 3. The first-order chi connectivity index (χ1) is 5.06. The van der Waals surface area contributed by atoms with E-state index in [1.54, 1.807) is 6.07 Å². The fourth-order valence-corrected chi connectivity index (χ4v) is 0.492. The second-order valence-corrected chi connectivity index (χ2v) is 1.93. The lowest BCUT2D eigenvalue weighted by Gasteiger charge is -2.04. The van der Waals surface area contributed by atoms with Gasteiger partial charge in [-0.05, 0) is 6.42 Å². The van der Waals surface area contributed by atoms with Crippen molar-refractivity contribution in [2.45, 2.75) is 19.0 Å². The predicted octanol–water partition coefficient (Wildman–Crippen LogP) is 1.87. The Morgan fingerprint density at radius 2 is 2.00 bits per heavy atom. The van der Waals surface area contributed by atoms with Crippen LogP contribution in [0.2, 0.25) is 0 Å². The summed E-state index contributed by atoms with van der Waals surface area (Å²) < 4.78 is 38.8. The summed E-state index contributed by atoms with van der Waals surface area (Å²) in [6, 6.07) is 1.66. The van der Waals surface area contributed by atoms with Gasteiger partial charge in [-0.3, -0.25) is 0 Å². The highest BCUT2D eigenvalue weighted by Gasteiger charge is 2.25. The minimum atomic E-state index is -4.12. The van der Waals surface area contributed by atoms with E-state index in [9.17, 15) is 13.2 Å². The van der Waals surface area contributed by atoms with E-state index in [4.69, 9.17) is 5.26 Å². The Hall–Kier alpha value is -0.760. The first kappa shape index (κ1) is 10.2. The van der Waals surface area contributed by atoms with Crippen LogP contribution in [0.5, 0.6) is 0 Å². The first-order valence-electron chi connectivity index (χ1n) is 3.08. The molecule has 64 valence electrons. The van der Waals surface area contributed by atoms with Crippen molar-refractivity contribution in [1.29, 1.82) is 5.26 Å². The standard InChI is InChI=1S/C6H8F3NO/c7-6(8,9)2-1-4-11-5-3-10/h1-2,4-5H2. The van der Waals surface area contributed by atoms with Crippen LogP contribution >= 0.6 is 0 Å². The van der Waals surface area contributed by atoms with E-state index in [0.29, 0.717) is 0 Å². The molecule has 0 saturated carbocycles. The fourth-order valence-electron chi connectivity index (χ4n) is 0.492. The highest BCUT2D eigenvalue weighted by atomic mass is 19.4. The molecule has 0 aromatic carbocycles. The zero-order valence-corrected chi connectivity index (χ0v) is 5.82. The Morgan fingerprint density at radius 3 is 2.45 bits per heavy atom. The van der Waals surface area contributed by atoms with Crippen LogP contribution in [-0.2, 0) is 4.74 Å². The minimum absolute atomic E-state index is 0.00687. The molecular weight excluding hydrogens is 159 g/mol. The molecule has 0 aliphatic rings. The van der Waals surface area contributed by atoms with Gasteiger partial charge in [-0.2, -0.15) is 18.4 Å². The Balaban J connectivity index is 3.10. The van der Waals surface area contributed by atoms with E-state index >= 15 is 0 Å². The molecule has 0 heterocycles. The van der Waals surface area contributed by atoms with E-state index in [-0.39, 0.29) is 19.6 Å². The zero-order chi connectivity index (χ0) is 8.74. The third-order valence-electron chi connectivity index (χ3n) is 0.916. The molecule has 0 spiro atoms. The van der Waals surface area contributed by atoms with Gasteiger partial charge in [0.1, 0.15) is 6.61 Å². The second kappa shape index (κ2) is 4.97. The minimum Gasteiger partial charge on any atom is -0.367 e. The number of ether oxygens (including phenoxy) is 1. The fraction of sp³-hybridized carbons (Fsp3) is 0.833. The maximum Gasteiger partial charge on any atom is 0.389 e. The van der Waals surface area contributed by atoms with Crippen molar-refractivity contribution in [1.82, 2.24) is 0 Å². The van der Waals surface area contributed by atoms with Crippen molar-refractivity contribution in [2.75, 3.05) is 13.2 Å². The average Bonchev–Trinajstić information content (AvgIpc) is 1.85. The summed E-state index contributed by atoms with van der Waals surface area (Å²) in [7, 11) is 0. The second-order valence-electron chi connectivity index (χ2n) is 1.93. The van der Waals surface area contributed by atoms with Gasteiger partial charge in [0.05, 0.1) is 6.07 Å². The van der Waals surface area contributed by atoms with E-state index < -0.39 is 12.6 Å². The van der Waals surface area contributed by atoms with Gasteiger partial charge in [-0.25, -0.2) is 0 Å². The van der Waals surface area contributed by atoms with Gasteiger partial charge in [0.25, 0.3) is 0 Å². The van der Waals surface area contributed by atoms with Crippen LogP contribution in [-0.4, -0.2) is 19.4 Å². The summed E-state index contributed by atoms with van der Waals surface area (Å²) in [6.45, 7) is -0.148. The molecule has 2 nitrogen and oxygen atoms in total. The van der Waals surface area contributed by atoms with Crippen molar-refractivity contribution < 1.29 is 17.9 Å². The zero-order valence-electron chi connectivity index (χ0n) is 5.82. The van der Waals surface area contributed by atoms with Crippen LogP contribution < -0.4 is 0 Å². The van der Waals surface area contributed by atoms with Gasteiger partial charge < -0.3 is 4.74 Å². The smallest absolute Gasteiger partial charge is 0.367 e. The van der Waals surface area contributed by atoms with Crippen molar-refractivity contribution >= 4 is 0 Å². The van der Waals surface area contributed by atoms with E-state index in [2.05, 4.69) is 4.74 Å². The molecule has 0 unspecified atom stereocenters. The van der Waals surface area contributed by atoms with Crippen LogP contribution in [0.3, 0.4) is 0 Å². The number of nitrogens with zero attached hydrogens (tertiary/aromatic N) is 1. The monoisotopic (exact) mass is 167 g/mol. The number of nitriles is 1. The SMILES string of the molecule is N#CCOCCCC(F)(F)F. The van der Waals surface area contributed by atoms with E-state index in [0.717, 1.165) is 0 Å². The molecule has 11 heavy (non-hydrogen) atoms. The highest BCUT2D eigenvalue weighted by molar-refractivity contribution is 4.66. The summed E-state index contributed by atoms with van der Waals surface area (Å²) in [6.07, 6.45) is -5.04. The lowest BCUT2D eigenvalue weighted by molar-refractivity contribution is -0.137.